The Kier molecular flexibility index (Phi) is 4.83. The van der Waals surface area contributed by atoms with Crippen LogP contribution in [0.25, 0.3) is 0 Å². The molecule has 0 unspecified atom stereocenters. The first-order valence-corrected chi connectivity index (χ1v) is 7.37. The van der Waals surface area contributed by atoms with Gasteiger partial charge in [-0.15, -0.1) is 0 Å². The van der Waals surface area contributed by atoms with E-state index < -0.39 is 0 Å². The van der Waals surface area contributed by atoms with Crippen molar-refractivity contribution in [3.8, 4) is 0 Å². The lowest BCUT2D eigenvalue weighted by Crippen LogP contribution is -2.44. The summed E-state index contributed by atoms with van der Waals surface area (Å²) in [6.45, 7) is 4.12. The van der Waals surface area contributed by atoms with Gasteiger partial charge in [-0.1, -0.05) is 35.7 Å². The minimum Gasteiger partial charge on any atom is -0.409 e. The Bertz CT molecular complexity index is 548. The fourth-order valence-corrected chi connectivity index (χ4v) is 3.00. The van der Waals surface area contributed by atoms with Gasteiger partial charge < -0.3 is 15.8 Å². The zero-order valence-electron chi connectivity index (χ0n) is 12.7. The summed E-state index contributed by atoms with van der Waals surface area (Å²) in [6.07, 6.45) is 4.21. The minimum absolute atomic E-state index is 0.0361. The number of amides is 1. The minimum atomic E-state index is -0.0361. The Morgan fingerprint density at radius 2 is 2.05 bits per heavy atom. The number of carbonyl (C=O) groups is 1. The summed E-state index contributed by atoms with van der Waals surface area (Å²) in [4.78, 5) is 14.6. The van der Waals surface area contributed by atoms with E-state index in [1.54, 1.807) is 4.90 Å². The number of aryl methyl sites for hydroxylation is 2. The van der Waals surface area contributed by atoms with Crippen molar-refractivity contribution < 1.29 is 10.0 Å². The van der Waals surface area contributed by atoms with E-state index in [1.165, 1.54) is 0 Å². The molecule has 0 heterocycles. The molecule has 3 N–H and O–H groups in total. The predicted molar refractivity (Wildman–Crippen MR) is 82.6 cm³/mol. The SMILES string of the molecule is Cc1ccc(C(=O)N(CC(N)=NO)C2CCCC2)c(C)c1. The largest absolute Gasteiger partial charge is 0.409 e. The molecule has 0 saturated heterocycles. The normalized spacial score (nSPS) is 16.2. The van der Waals surface area contributed by atoms with E-state index >= 15 is 0 Å². The van der Waals surface area contributed by atoms with Crippen LogP contribution in [-0.2, 0) is 0 Å². The van der Waals surface area contributed by atoms with Crippen LogP contribution in [0.2, 0.25) is 0 Å². The lowest BCUT2D eigenvalue weighted by atomic mass is 10.0. The molecular formula is C16H23N3O2. The smallest absolute Gasteiger partial charge is 0.254 e. The standard InChI is InChI=1S/C16H23N3O2/c1-11-7-8-14(12(2)9-11)16(20)19(10-15(17)18-21)13-5-3-4-6-13/h7-9,13,21H,3-6,10H2,1-2H3,(H2,17,18). The van der Waals surface area contributed by atoms with Crippen LogP contribution < -0.4 is 5.73 Å². The zero-order valence-corrected chi connectivity index (χ0v) is 12.7. The molecule has 5 heteroatoms. The van der Waals surface area contributed by atoms with Crippen molar-refractivity contribution in [1.29, 1.82) is 0 Å². The van der Waals surface area contributed by atoms with Gasteiger partial charge in [0.2, 0.25) is 0 Å². The number of nitrogens with zero attached hydrogens (tertiary/aromatic N) is 2. The third-order valence-corrected chi connectivity index (χ3v) is 4.10. The molecule has 1 fully saturated rings. The van der Waals surface area contributed by atoms with Gasteiger partial charge in [0.25, 0.3) is 5.91 Å². The summed E-state index contributed by atoms with van der Waals surface area (Å²) in [5, 5.41) is 11.8. The summed E-state index contributed by atoms with van der Waals surface area (Å²) in [5.74, 6) is 0.0333. The highest BCUT2D eigenvalue weighted by Gasteiger charge is 2.28. The van der Waals surface area contributed by atoms with Gasteiger partial charge in [-0.05, 0) is 38.3 Å². The number of oxime groups is 1. The molecule has 0 aromatic heterocycles. The van der Waals surface area contributed by atoms with E-state index in [0.717, 1.165) is 36.8 Å². The Morgan fingerprint density at radius 1 is 1.38 bits per heavy atom. The maximum atomic E-state index is 12.8. The van der Waals surface area contributed by atoms with Crippen LogP contribution in [0.3, 0.4) is 0 Å². The van der Waals surface area contributed by atoms with Crippen LogP contribution >= 0.6 is 0 Å². The maximum absolute atomic E-state index is 12.8. The Hall–Kier alpha value is -2.04. The van der Waals surface area contributed by atoms with Gasteiger partial charge in [0.1, 0.15) is 0 Å². The molecule has 1 saturated carbocycles. The molecule has 0 bridgehead atoms. The first-order chi connectivity index (χ1) is 10.0. The average Bonchev–Trinajstić information content (AvgIpc) is 2.97. The van der Waals surface area contributed by atoms with Crippen molar-refractivity contribution in [3.63, 3.8) is 0 Å². The van der Waals surface area contributed by atoms with Gasteiger partial charge >= 0.3 is 0 Å². The highest BCUT2D eigenvalue weighted by molar-refractivity contribution is 5.98. The van der Waals surface area contributed by atoms with Gasteiger partial charge in [0, 0.05) is 11.6 Å². The Morgan fingerprint density at radius 3 is 2.62 bits per heavy atom. The molecule has 1 aromatic carbocycles. The van der Waals surface area contributed by atoms with Crippen LogP contribution in [0.4, 0.5) is 0 Å². The molecule has 2 rings (SSSR count). The van der Waals surface area contributed by atoms with Crippen LogP contribution in [0, 0.1) is 13.8 Å². The molecule has 0 spiro atoms. The molecule has 21 heavy (non-hydrogen) atoms. The van der Waals surface area contributed by atoms with Gasteiger partial charge in [-0.3, -0.25) is 4.79 Å². The second-order valence-corrected chi connectivity index (χ2v) is 5.78. The molecule has 114 valence electrons. The predicted octanol–water partition coefficient (Wildman–Crippen LogP) is 2.43. The summed E-state index contributed by atoms with van der Waals surface area (Å²) in [5.41, 5.74) is 8.41. The van der Waals surface area contributed by atoms with Crippen LogP contribution in [0.1, 0.15) is 47.2 Å². The lowest BCUT2D eigenvalue weighted by Gasteiger charge is -2.29. The third kappa shape index (κ3) is 3.54. The number of hydrogen-bond donors (Lipinski definition) is 2. The zero-order chi connectivity index (χ0) is 15.4. The van der Waals surface area contributed by atoms with E-state index in [-0.39, 0.29) is 24.3 Å². The second-order valence-electron chi connectivity index (χ2n) is 5.78. The topological polar surface area (TPSA) is 78.9 Å². The highest BCUT2D eigenvalue weighted by atomic mass is 16.4. The highest BCUT2D eigenvalue weighted by Crippen LogP contribution is 2.25. The van der Waals surface area contributed by atoms with Crippen molar-refractivity contribution >= 4 is 11.7 Å². The molecule has 5 nitrogen and oxygen atoms in total. The summed E-state index contributed by atoms with van der Waals surface area (Å²) < 4.78 is 0. The second kappa shape index (κ2) is 6.61. The van der Waals surface area contributed by atoms with Crippen molar-refractivity contribution in [2.45, 2.75) is 45.6 Å². The molecule has 0 aliphatic heterocycles. The third-order valence-electron chi connectivity index (χ3n) is 4.10. The van der Waals surface area contributed by atoms with Gasteiger partial charge in [0.05, 0.1) is 6.54 Å². The van der Waals surface area contributed by atoms with Crippen LogP contribution in [0.15, 0.2) is 23.4 Å². The molecule has 1 aliphatic rings. The van der Waals surface area contributed by atoms with Gasteiger partial charge in [-0.2, -0.15) is 0 Å². The molecule has 0 atom stereocenters. The van der Waals surface area contributed by atoms with Gasteiger partial charge in [-0.25, -0.2) is 0 Å². The quantitative estimate of drug-likeness (QED) is 0.387. The van der Waals surface area contributed by atoms with Crippen molar-refractivity contribution in [2.75, 3.05) is 6.54 Å². The molecule has 1 aliphatic carbocycles. The monoisotopic (exact) mass is 289 g/mol. The van der Waals surface area contributed by atoms with Crippen molar-refractivity contribution in [3.05, 3.63) is 34.9 Å². The van der Waals surface area contributed by atoms with E-state index in [1.807, 2.05) is 32.0 Å². The summed E-state index contributed by atoms with van der Waals surface area (Å²) >= 11 is 0. The van der Waals surface area contributed by atoms with E-state index in [2.05, 4.69) is 5.16 Å². The Balaban J connectivity index is 2.28. The molecule has 1 amide bonds. The number of rotatable bonds is 4. The number of carbonyl (C=O) groups excluding carboxylic acids is 1. The number of benzene rings is 1. The van der Waals surface area contributed by atoms with Crippen molar-refractivity contribution in [2.24, 2.45) is 10.9 Å². The summed E-state index contributed by atoms with van der Waals surface area (Å²) in [6, 6.07) is 5.99. The first kappa shape index (κ1) is 15.4. The Labute approximate surface area is 125 Å². The maximum Gasteiger partial charge on any atom is 0.254 e. The lowest BCUT2D eigenvalue weighted by molar-refractivity contribution is 0.0711. The fraction of sp³-hybridized carbons (Fsp3) is 0.500. The van der Waals surface area contributed by atoms with E-state index in [4.69, 9.17) is 10.9 Å². The summed E-state index contributed by atoms with van der Waals surface area (Å²) in [7, 11) is 0. The molecular weight excluding hydrogens is 266 g/mol. The van der Waals surface area contributed by atoms with Crippen LogP contribution in [-0.4, -0.2) is 34.4 Å². The van der Waals surface area contributed by atoms with Crippen LogP contribution in [0.5, 0.6) is 0 Å². The number of hydrogen-bond acceptors (Lipinski definition) is 3. The fourth-order valence-electron chi connectivity index (χ4n) is 3.00. The molecule has 1 aromatic rings. The van der Waals surface area contributed by atoms with Crippen molar-refractivity contribution in [1.82, 2.24) is 4.90 Å². The first-order valence-electron chi connectivity index (χ1n) is 7.37. The van der Waals surface area contributed by atoms with Gasteiger partial charge in [0.15, 0.2) is 5.84 Å². The van der Waals surface area contributed by atoms with E-state index in [0.29, 0.717) is 5.56 Å². The average molecular weight is 289 g/mol. The number of amidine groups is 1. The van der Waals surface area contributed by atoms with E-state index in [9.17, 15) is 4.79 Å². The number of nitrogens with two attached hydrogens (primary N) is 1. The molecule has 0 radical (unpaired) electrons.